The monoisotopic (exact) mass is 283 g/mol. The molecule has 0 fully saturated rings. The second-order valence-electron chi connectivity index (χ2n) is 4.23. The highest BCUT2D eigenvalue weighted by Crippen LogP contribution is 2.28. The van der Waals surface area contributed by atoms with E-state index >= 15 is 0 Å². The lowest BCUT2D eigenvalue weighted by molar-refractivity contribution is -0.129. The summed E-state index contributed by atoms with van der Waals surface area (Å²) in [6, 6.07) is 5.26. The minimum atomic E-state index is -0.295. The van der Waals surface area contributed by atoms with E-state index in [-0.39, 0.29) is 11.9 Å². The molecular weight excluding hydrogens is 270 g/mol. The minimum absolute atomic E-state index is 0.0206. The van der Waals surface area contributed by atoms with Gasteiger partial charge in [0.05, 0.1) is 10.2 Å². The van der Waals surface area contributed by atoms with E-state index in [9.17, 15) is 4.79 Å². The SMILES string of the molecule is CC(Nc1nc2ccc(Cl)cc2s1)C(=O)N(C)C. The van der Waals surface area contributed by atoms with Crippen LogP contribution in [-0.4, -0.2) is 35.9 Å². The zero-order chi connectivity index (χ0) is 13.3. The molecule has 1 N–H and O–H groups in total. The molecule has 4 nitrogen and oxygen atoms in total. The highest BCUT2D eigenvalue weighted by atomic mass is 35.5. The fourth-order valence-electron chi connectivity index (χ4n) is 1.59. The summed E-state index contributed by atoms with van der Waals surface area (Å²) in [5.41, 5.74) is 0.886. The molecular formula is C12H14ClN3OS. The van der Waals surface area contributed by atoms with Crippen LogP contribution in [0.5, 0.6) is 0 Å². The van der Waals surface area contributed by atoms with Gasteiger partial charge in [-0.15, -0.1) is 0 Å². The Morgan fingerprint density at radius 3 is 2.89 bits per heavy atom. The predicted octanol–water partition coefficient (Wildman–Crippen LogP) is 2.84. The quantitative estimate of drug-likeness (QED) is 0.942. The number of halogens is 1. The molecule has 2 rings (SSSR count). The predicted molar refractivity (Wildman–Crippen MR) is 76.4 cm³/mol. The van der Waals surface area contributed by atoms with Gasteiger partial charge in [0, 0.05) is 19.1 Å². The Labute approximate surface area is 115 Å². The first kappa shape index (κ1) is 13.1. The van der Waals surface area contributed by atoms with E-state index in [2.05, 4.69) is 10.3 Å². The van der Waals surface area contributed by atoms with Crippen LogP contribution in [0.2, 0.25) is 5.02 Å². The zero-order valence-corrected chi connectivity index (χ0v) is 12.0. The van der Waals surface area contributed by atoms with Crippen molar-refractivity contribution in [3.05, 3.63) is 23.2 Å². The molecule has 1 unspecified atom stereocenters. The summed E-state index contributed by atoms with van der Waals surface area (Å²) < 4.78 is 1.01. The van der Waals surface area contributed by atoms with Gasteiger partial charge in [-0.05, 0) is 25.1 Å². The molecule has 2 aromatic rings. The van der Waals surface area contributed by atoms with Gasteiger partial charge in [-0.1, -0.05) is 22.9 Å². The Morgan fingerprint density at radius 1 is 1.50 bits per heavy atom. The lowest BCUT2D eigenvalue weighted by Gasteiger charge is -2.17. The summed E-state index contributed by atoms with van der Waals surface area (Å²) in [6.07, 6.45) is 0. The molecule has 18 heavy (non-hydrogen) atoms. The number of hydrogen-bond donors (Lipinski definition) is 1. The van der Waals surface area contributed by atoms with E-state index in [0.29, 0.717) is 5.02 Å². The fraction of sp³-hybridized carbons (Fsp3) is 0.333. The van der Waals surface area contributed by atoms with Gasteiger partial charge in [0.1, 0.15) is 6.04 Å². The van der Waals surface area contributed by atoms with Crippen LogP contribution < -0.4 is 5.32 Å². The van der Waals surface area contributed by atoms with E-state index in [0.717, 1.165) is 15.3 Å². The molecule has 1 atom stereocenters. The van der Waals surface area contributed by atoms with Crippen molar-refractivity contribution in [3.8, 4) is 0 Å². The van der Waals surface area contributed by atoms with Crippen LogP contribution in [0.25, 0.3) is 10.2 Å². The number of thiazole rings is 1. The smallest absolute Gasteiger partial charge is 0.244 e. The van der Waals surface area contributed by atoms with Crippen molar-refractivity contribution in [2.75, 3.05) is 19.4 Å². The molecule has 0 saturated heterocycles. The summed E-state index contributed by atoms with van der Waals surface area (Å²) in [5, 5.41) is 4.53. The van der Waals surface area contributed by atoms with Gasteiger partial charge < -0.3 is 10.2 Å². The maximum absolute atomic E-state index is 11.7. The molecule has 1 amide bonds. The van der Waals surface area contributed by atoms with E-state index < -0.39 is 0 Å². The molecule has 0 aliphatic rings. The van der Waals surface area contributed by atoms with Gasteiger partial charge in [0.25, 0.3) is 0 Å². The van der Waals surface area contributed by atoms with Gasteiger partial charge in [0.15, 0.2) is 5.13 Å². The Balaban J connectivity index is 2.19. The van der Waals surface area contributed by atoms with Gasteiger partial charge in [-0.3, -0.25) is 4.79 Å². The fourth-order valence-corrected chi connectivity index (χ4v) is 2.82. The zero-order valence-electron chi connectivity index (χ0n) is 10.4. The van der Waals surface area contributed by atoms with E-state index in [1.165, 1.54) is 11.3 Å². The van der Waals surface area contributed by atoms with Crippen LogP contribution in [0.15, 0.2) is 18.2 Å². The van der Waals surface area contributed by atoms with Gasteiger partial charge in [-0.2, -0.15) is 0 Å². The van der Waals surface area contributed by atoms with Crippen LogP contribution in [0.4, 0.5) is 5.13 Å². The number of hydrogen-bond acceptors (Lipinski definition) is 4. The number of benzene rings is 1. The van der Waals surface area contributed by atoms with E-state index in [1.807, 2.05) is 25.1 Å². The Morgan fingerprint density at radius 2 is 2.22 bits per heavy atom. The normalized spacial score (nSPS) is 12.4. The van der Waals surface area contributed by atoms with E-state index in [4.69, 9.17) is 11.6 Å². The van der Waals surface area contributed by atoms with Crippen molar-refractivity contribution in [2.45, 2.75) is 13.0 Å². The Kier molecular flexibility index (Phi) is 3.73. The minimum Gasteiger partial charge on any atom is -0.350 e. The van der Waals surface area contributed by atoms with Gasteiger partial charge in [0.2, 0.25) is 5.91 Å². The maximum atomic E-state index is 11.7. The molecule has 0 radical (unpaired) electrons. The lowest BCUT2D eigenvalue weighted by Crippen LogP contribution is -2.36. The van der Waals surface area contributed by atoms with Crippen molar-refractivity contribution in [1.82, 2.24) is 9.88 Å². The Bertz CT molecular complexity index is 582. The topological polar surface area (TPSA) is 45.2 Å². The van der Waals surface area contributed by atoms with Crippen molar-refractivity contribution in [2.24, 2.45) is 0 Å². The molecule has 0 aliphatic carbocycles. The molecule has 6 heteroatoms. The summed E-state index contributed by atoms with van der Waals surface area (Å²) in [4.78, 5) is 17.7. The third-order valence-electron chi connectivity index (χ3n) is 2.50. The van der Waals surface area contributed by atoms with Crippen LogP contribution >= 0.6 is 22.9 Å². The number of carbonyl (C=O) groups excluding carboxylic acids is 1. The van der Waals surface area contributed by atoms with Gasteiger partial charge in [-0.25, -0.2) is 4.98 Å². The van der Waals surface area contributed by atoms with Crippen molar-refractivity contribution in [3.63, 3.8) is 0 Å². The summed E-state index contributed by atoms with van der Waals surface area (Å²) in [6.45, 7) is 1.82. The molecule has 1 aromatic heterocycles. The average molecular weight is 284 g/mol. The molecule has 0 aliphatic heterocycles. The maximum Gasteiger partial charge on any atom is 0.244 e. The molecule has 0 bridgehead atoms. The molecule has 1 aromatic carbocycles. The highest BCUT2D eigenvalue weighted by molar-refractivity contribution is 7.22. The standard InChI is InChI=1S/C12H14ClN3OS/c1-7(11(17)16(2)3)14-12-15-9-5-4-8(13)6-10(9)18-12/h4-7H,1-3H3,(H,14,15). The van der Waals surface area contributed by atoms with Crippen LogP contribution in [0.3, 0.4) is 0 Å². The number of amides is 1. The van der Waals surface area contributed by atoms with E-state index in [1.54, 1.807) is 19.0 Å². The summed E-state index contributed by atoms with van der Waals surface area (Å²) in [7, 11) is 3.47. The first-order chi connectivity index (χ1) is 8.47. The molecule has 0 spiro atoms. The van der Waals surface area contributed by atoms with Crippen molar-refractivity contribution >= 4 is 44.2 Å². The number of rotatable bonds is 3. The first-order valence-electron chi connectivity index (χ1n) is 5.51. The first-order valence-corrected chi connectivity index (χ1v) is 6.70. The Hall–Kier alpha value is -1.33. The number of likely N-dealkylation sites (N-methyl/N-ethyl adjacent to an activating group) is 1. The highest BCUT2D eigenvalue weighted by Gasteiger charge is 2.16. The molecule has 1 heterocycles. The molecule has 96 valence electrons. The number of aromatic nitrogens is 1. The lowest BCUT2D eigenvalue weighted by atomic mass is 10.3. The number of nitrogens with one attached hydrogen (secondary N) is 1. The largest absolute Gasteiger partial charge is 0.350 e. The van der Waals surface area contributed by atoms with Crippen molar-refractivity contribution < 1.29 is 4.79 Å². The number of fused-ring (bicyclic) bond motifs is 1. The average Bonchev–Trinajstić information content (AvgIpc) is 2.68. The number of nitrogens with zero attached hydrogens (tertiary/aromatic N) is 2. The second kappa shape index (κ2) is 5.12. The van der Waals surface area contributed by atoms with Crippen LogP contribution in [-0.2, 0) is 4.79 Å². The number of anilines is 1. The number of carbonyl (C=O) groups is 1. The van der Waals surface area contributed by atoms with Crippen molar-refractivity contribution in [1.29, 1.82) is 0 Å². The van der Waals surface area contributed by atoms with Crippen LogP contribution in [0, 0.1) is 0 Å². The molecule has 0 saturated carbocycles. The summed E-state index contributed by atoms with van der Waals surface area (Å²) >= 11 is 7.41. The van der Waals surface area contributed by atoms with Crippen LogP contribution in [0.1, 0.15) is 6.92 Å². The second-order valence-corrected chi connectivity index (χ2v) is 5.70. The third kappa shape index (κ3) is 2.73. The third-order valence-corrected chi connectivity index (χ3v) is 3.69. The summed E-state index contributed by atoms with van der Waals surface area (Å²) in [5.74, 6) is 0.0206. The van der Waals surface area contributed by atoms with Gasteiger partial charge >= 0.3 is 0 Å².